The van der Waals surface area contributed by atoms with Gasteiger partial charge in [-0.05, 0) is 31.5 Å². The van der Waals surface area contributed by atoms with Gasteiger partial charge >= 0.3 is 0 Å². The third-order valence-electron chi connectivity index (χ3n) is 3.04. The zero-order valence-electron chi connectivity index (χ0n) is 10.8. The molecule has 0 saturated carbocycles. The van der Waals surface area contributed by atoms with Crippen LogP contribution in [-0.2, 0) is 19.6 Å². The van der Waals surface area contributed by atoms with Gasteiger partial charge in [-0.2, -0.15) is 5.10 Å². The number of aromatic nitrogens is 2. The summed E-state index contributed by atoms with van der Waals surface area (Å²) in [4.78, 5) is 0. The van der Waals surface area contributed by atoms with Crippen molar-refractivity contribution in [3.63, 3.8) is 0 Å². The molecule has 0 fully saturated rings. The predicted molar refractivity (Wildman–Crippen MR) is 69.6 cm³/mol. The van der Waals surface area contributed by atoms with E-state index >= 15 is 0 Å². The Morgan fingerprint density at radius 1 is 1.33 bits per heavy atom. The highest BCUT2D eigenvalue weighted by molar-refractivity contribution is 5.18. The van der Waals surface area contributed by atoms with Crippen molar-refractivity contribution in [2.24, 2.45) is 0 Å². The van der Waals surface area contributed by atoms with E-state index < -0.39 is 0 Å². The largest absolute Gasteiger partial charge is 0.308 e. The first-order chi connectivity index (χ1) is 8.70. The first kappa shape index (κ1) is 12.8. The monoisotopic (exact) mass is 247 g/mol. The molecule has 0 aliphatic heterocycles. The summed E-state index contributed by atoms with van der Waals surface area (Å²) in [6, 6.07) is 6.65. The van der Waals surface area contributed by atoms with Gasteiger partial charge < -0.3 is 5.32 Å². The van der Waals surface area contributed by atoms with Crippen molar-refractivity contribution in [3.8, 4) is 0 Å². The van der Waals surface area contributed by atoms with Gasteiger partial charge in [0.2, 0.25) is 0 Å². The molecule has 1 aromatic heterocycles. The molecule has 1 heterocycles. The lowest BCUT2D eigenvalue weighted by molar-refractivity contribution is 0.618. The number of nitrogens with zero attached hydrogens (tertiary/aromatic N) is 2. The van der Waals surface area contributed by atoms with Crippen molar-refractivity contribution in [1.82, 2.24) is 15.1 Å². The Morgan fingerprint density at radius 2 is 2.17 bits per heavy atom. The molecule has 2 rings (SSSR count). The van der Waals surface area contributed by atoms with Crippen LogP contribution in [0.4, 0.5) is 4.39 Å². The van der Waals surface area contributed by atoms with E-state index in [2.05, 4.69) is 24.3 Å². The second-order valence-electron chi connectivity index (χ2n) is 4.30. The van der Waals surface area contributed by atoms with Crippen LogP contribution in [0.1, 0.15) is 23.7 Å². The van der Waals surface area contributed by atoms with E-state index in [4.69, 9.17) is 0 Å². The minimum atomic E-state index is -0.190. The fourth-order valence-electron chi connectivity index (χ4n) is 1.97. The molecule has 0 atom stereocenters. The van der Waals surface area contributed by atoms with Crippen LogP contribution in [0.15, 0.2) is 30.5 Å². The number of aryl methyl sites for hydroxylation is 1. The molecule has 18 heavy (non-hydrogen) atoms. The molecule has 0 saturated heterocycles. The normalized spacial score (nSPS) is 10.8. The Kier molecular flexibility index (Phi) is 4.10. The van der Waals surface area contributed by atoms with Gasteiger partial charge in [-0.25, -0.2) is 4.39 Å². The molecule has 3 nitrogen and oxygen atoms in total. The van der Waals surface area contributed by atoms with Gasteiger partial charge in [-0.1, -0.05) is 12.1 Å². The van der Waals surface area contributed by atoms with Gasteiger partial charge in [0, 0.05) is 30.9 Å². The Balaban J connectivity index is 1.90. The average Bonchev–Trinajstić information content (AvgIpc) is 2.71. The van der Waals surface area contributed by atoms with Crippen LogP contribution < -0.4 is 5.32 Å². The molecule has 96 valence electrons. The maximum Gasteiger partial charge on any atom is 0.123 e. The van der Waals surface area contributed by atoms with Crippen LogP contribution in [-0.4, -0.2) is 9.78 Å². The summed E-state index contributed by atoms with van der Waals surface area (Å²) in [6.07, 6.45) is 1.89. The lowest BCUT2D eigenvalue weighted by atomic mass is 10.2. The van der Waals surface area contributed by atoms with E-state index in [1.807, 2.05) is 16.9 Å². The molecule has 0 aliphatic carbocycles. The molecule has 0 spiro atoms. The minimum absolute atomic E-state index is 0.190. The predicted octanol–water partition coefficient (Wildman–Crippen LogP) is 2.64. The van der Waals surface area contributed by atoms with E-state index in [1.54, 1.807) is 12.1 Å². The number of rotatable bonds is 5. The van der Waals surface area contributed by atoms with Crippen molar-refractivity contribution in [2.45, 2.75) is 33.5 Å². The summed E-state index contributed by atoms with van der Waals surface area (Å²) in [5.74, 6) is -0.190. The highest BCUT2D eigenvalue weighted by Crippen LogP contribution is 2.08. The maximum absolute atomic E-state index is 13.0. The van der Waals surface area contributed by atoms with Crippen LogP contribution in [0.3, 0.4) is 0 Å². The zero-order valence-corrected chi connectivity index (χ0v) is 10.8. The Morgan fingerprint density at radius 3 is 2.83 bits per heavy atom. The van der Waals surface area contributed by atoms with E-state index in [-0.39, 0.29) is 5.82 Å². The lowest BCUT2D eigenvalue weighted by Crippen LogP contribution is -2.13. The molecule has 1 aromatic carbocycles. The highest BCUT2D eigenvalue weighted by atomic mass is 19.1. The SMILES string of the molecule is CCn1ncc(CNCc2cccc(F)c2)c1C. The molecular formula is C14H18FN3. The second kappa shape index (κ2) is 5.78. The Bertz CT molecular complexity index is 520. The van der Waals surface area contributed by atoms with E-state index in [0.29, 0.717) is 6.54 Å². The summed E-state index contributed by atoms with van der Waals surface area (Å²) in [5, 5.41) is 7.59. The van der Waals surface area contributed by atoms with Gasteiger partial charge in [-0.15, -0.1) is 0 Å². The Hall–Kier alpha value is -1.68. The molecule has 0 aliphatic rings. The first-order valence-electron chi connectivity index (χ1n) is 6.17. The van der Waals surface area contributed by atoms with Gasteiger partial charge in [0.15, 0.2) is 0 Å². The van der Waals surface area contributed by atoms with Crippen molar-refractivity contribution >= 4 is 0 Å². The quantitative estimate of drug-likeness (QED) is 0.880. The third kappa shape index (κ3) is 2.96. The second-order valence-corrected chi connectivity index (χ2v) is 4.30. The van der Waals surface area contributed by atoms with Crippen LogP contribution in [0.5, 0.6) is 0 Å². The van der Waals surface area contributed by atoms with Crippen molar-refractivity contribution < 1.29 is 4.39 Å². The summed E-state index contributed by atoms with van der Waals surface area (Å²) < 4.78 is 15.0. The summed E-state index contributed by atoms with van der Waals surface area (Å²) >= 11 is 0. The Labute approximate surface area is 107 Å². The maximum atomic E-state index is 13.0. The summed E-state index contributed by atoms with van der Waals surface area (Å²) in [6.45, 7) is 6.44. The summed E-state index contributed by atoms with van der Waals surface area (Å²) in [7, 11) is 0. The van der Waals surface area contributed by atoms with Crippen LogP contribution in [0.2, 0.25) is 0 Å². The lowest BCUT2D eigenvalue weighted by Gasteiger charge is -2.05. The highest BCUT2D eigenvalue weighted by Gasteiger charge is 2.04. The van der Waals surface area contributed by atoms with Crippen molar-refractivity contribution in [2.75, 3.05) is 0 Å². The topological polar surface area (TPSA) is 29.9 Å². The van der Waals surface area contributed by atoms with Crippen LogP contribution >= 0.6 is 0 Å². The van der Waals surface area contributed by atoms with E-state index in [1.165, 1.54) is 17.3 Å². The molecule has 0 unspecified atom stereocenters. The fraction of sp³-hybridized carbons (Fsp3) is 0.357. The zero-order chi connectivity index (χ0) is 13.0. The fourth-order valence-corrected chi connectivity index (χ4v) is 1.97. The molecule has 4 heteroatoms. The van der Waals surface area contributed by atoms with Gasteiger partial charge in [0.05, 0.1) is 6.20 Å². The third-order valence-corrected chi connectivity index (χ3v) is 3.04. The van der Waals surface area contributed by atoms with Crippen LogP contribution in [0, 0.1) is 12.7 Å². The molecule has 1 N–H and O–H groups in total. The average molecular weight is 247 g/mol. The van der Waals surface area contributed by atoms with Gasteiger partial charge in [0.25, 0.3) is 0 Å². The molecule has 0 bridgehead atoms. The number of hydrogen-bond donors (Lipinski definition) is 1. The van der Waals surface area contributed by atoms with E-state index in [9.17, 15) is 4.39 Å². The molecular weight excluding hydrogens is 229 g/mol. The van der Waals surface area contributed by atoms with Gasteiger partial charge in [-0.3, -0.25) is 4.68 Å². The van der Waals surface area contributed by atoms with Crippen LogP contribution in [0.25, 0.3) is 0 Å². The number of halogens is 1. The standard InChI is InChI=1S/C14H18FN3/c1-3-18-11(2)13(10-17-18)9-16-8-12-5-4-6-14(15)7-12/h4-7,10,16H,3,8-9H2,1-2H3. The first-order valence-corrected chi connectivity index (χ1v) is 6.17. The van der Waals surface area contributed by atoms with Crippen molar-refractivity contribution in [1.29, 1.82) is 0 Å². The molecule has 0 amide bonds. The number of hydrogen-bond acceptors (Lipinski definition) is 2. The minimum Gasteiger partial charge on any atom is -0.308 e. The number of benzene rings is 1. The molecule has 0 radical (unpaired) electrons. The van der Waals surface area contributed by atoms with E-state index in [0.717, 1.165) is 18.7 Å². The smallest absolute Gasteiger partial charge is 0.123 e. The summed E-state index contributed by atoms with van der Waals surface area (Å²) in [5.41, 5.74) is 3.33. The van der Waals surface area contributed by atoms with Gasteiger partial charge in [0.1, 0.15) is 5.82 Å². The molecule has 2 aromatic rings. The number of nitrogens with one attached hydrogen (secondary N) is 1. The van der Waals surface area contributed by atoms with Crippen molar-refractivity contribution in [3.05, 3.63) is 53.1 Å².